The Hall–Kier alpha value is -4.58. The number of rotatable bonds is 9. The second-order valence-electron chi connectivity index (χ2n) is 8.87. The minimum Gasteiger partial charge on any atom is -0.465 e. The van der Waals surface area contributed by atoms with Gasteiger partial charge in [-0.1, -0.05) is 23.2 Å². The molecule has 1 saturated heterocycles. The molecule has 0 saturated carbocycles. The van der Waals surface area contributed by atoms with Gasteiger partial charge in [0.25, 0.3) is 6.20 Å². The van der Waals surface area contributed by atoms with Crippen molar-refractivity contribution in [2.24, 2.45) is 4.99 Å². The molecule has 1 fully saturated rings. The monoisotopic (exact) mass is 694 g/mol. The summed E-state index contributed by atoms with van der Waals surface area (Å²) in [6, 6.07) is 6.61. The van der Waals surface area contributed by atoms with Crippen LogP contribution in [0.15, 0.2) is 80.7 Å². The van der Waals surface area contributed by atoms with Gasteiger partial charge in [0.2, 0.25) is 5.84 Å². The quantitative estimate of drug-likeness (QED) is 0.136. The molecule has 4 aromatic heterocycles. The van der Waals surface area contributed by atoms with E-state index >= 15 is 0 Å². The first-order chi connectivity index (χ1) is 21.7. The van der Waals surface area contributed by atoms with Crippen molar-refractivity contribution in [1.29, 1.82) is 0 Å². The fourth-order valence-electron chi connectivity index (χ4n) is 3.98. The second-order valence-corrected chi connectivity index (χ2v) is 12.3. The number of aldehydes is 1. The molecule has 2 aliphatic rings. The topological polar surface area (TPSA) is 186 Å². The molecule has 15 nitrogen and oxygen atoms in total. The van der Waals surface area contributed by atoms with E-state index in [0.717, 1.165) is 22.5 Å². The SMILES string of the molecule is O=Cc1ccco1.O=[N+]([O-])/C(=C/c1ccco1)C1=NCCN1Cc1cnc(Cl)s1.O=[N+]([O-])/C=C1/NCCN1Cc1cnc(Cl)s1. The van der Waals surface area contributed by atoms with Crippen molar-refractivity contribution < 1.29 is 23.5 Å². The first kappa shape index (κ1) is 33.3. The zero-order chi connectivity index (χ0) is 32.2. The lowest BCUT2D eigenvalue weighted by Gasteiger charge is -2.17. The summed E-state index contributed by atoms with van der Waals surface area (Å²) in [7, 11) is 0. The van der Waals surface area contributed by atoms with Crippen molar-refractivity contribution in [3.8, 4) is 0 Å². The van der Waals surface area contributed by atoms with E-state index in [1.165, 1.54) is 41.3 Å². The smallest absolute Gasteiger partial charge is 0.314 e. The summed E-state index contributed by atoms with van der Waals surface area (Å²) in [4.78, 5) is 48.5. The maximum atomic E-state index is 11.4. The number of nitro groups is 2. The minimum absolute atomic E-state index is 0.0805. The molecule has 6 rings (SSSR count). The summed E-state index contributed by atoms with van der Waals surface area (Å²) < 4.78 is 10.7. The van der Waals surface area contributed by atoms with Crippen LogP contribution in [0.3, 0.4) is 0 Å². The number of carbonyl (C=O) groups is 1. The number of nitrogens with one attached hydrogen (secondary N) is 1. The lowest BCUT2D eigenvalue weighted by Crippen LogP contribution is -2.30. The lowest BCUT2D eigenvalue weighted by atomic mass is 10.3. The van der Waals surface area contributed by atoms with E-state index in [-0.39, 0.29) is 5.70 Å². The summed E-state index contributed by atoms with van der Waals surface area (Å²) in [6.07, 6.45) is 9.33. The normalized spacial score (nSPS) is 15.1. The Morgan fingerprint density at radius 2 is 1.60 bits per heavy atom. The first-order valence-corrected chi connectivity index (χ1v) is 15.3. The number of furan rings is 2. The fourth-order valence-corrected chi connectivity index (χ4v) is 5.96. The molecule has 0 atom stereocenters. The van der Waals surface area contributed by atoms with Gasteiger partial charge in [-0.05, 0) is 24.3 Å². The molecule has 19 heteroatoms. The van der Waals surface area contributed by atoms with E-state index in [4.69, 9.17) is 27.6 Å². The van der Waals surface area contributed by atoms with E-state index in [2.05, 4.69) is 24.7 Å². The predicted octanol–water partition coefficient (Wildman–Crippen LogP) is 5.29. The van der Waals surface area contributed by atoms with Gasteiger partial charge in [-0.3, -0.25) is 30.0 Å². The number of hydrogen-bond donors (Lipinski definition) is 1. The van der Waals surface area contributed by atoms with Gasteiger partial charge < -0.3 is 24.0 Å². The van der Waals surface area contributed by atoms with Crippen molar-refractivity contribution in [3.63, 3.8) is 0 Å². The molecule has 4 aromatic rings. The largest absolute Gasteiger partial charge is 0.465 e. The van der Waals surface area contributed by atoms with E-state index in [1.54, 1.807) is 36.7 Å². The van der Waals surface area contributed by atoms with Crippen molar-refractivity contribution in [2.45, 2.75) is 13.1 Å². The molecule has 6 heterocycles. The average Bonchev–Trinajstić information content (AvgIpc) is 3.84. The third kappa shape index (κ3) is 10.2. The van der Waals surface area contributed by atoms with Crippen molar-refractivity contribution in [3.05, 3.63) is 117 Å². The fraction of sp³-hybridized carbons (Fsp3) is 0.231. The molecule has 0 bridgehead atoms. The Bertz CT molecular complexity index is 1670. The predicted molar refractivity (Wildman–Crippen MR) is 168 cm³/mol. The van der Waals surface area contributed by atoms with Gasteiger partial charge in [-0.2, -0.15) is 0 Å². The standard InChI is InChI=1S/C13H11ClN4O3S.C8H9ClN4O2S.C5H4O2/c14-13-16-7-10(22-13)8-17-4-3-15-12(17)11(18(19)20)6-9-2-1-5-21-9;9-8-11-3-6(16-8)4-12-2-1-10-7(12)5-13(14)15;6-4-5-2-1-3-7-5/h1-2,5-7H,3-4,8H2;3,5,10H,1-2,4H2;1-4H/b11-6+;7-5-;. The molecule has 0 unspecified atom stereocenters. The van der Waals surface area contributed by atoms with Crippen LogP contribution in [0.2, 0.25) is 8.93 Å². The van der Waals surface area contributed by atoms with Gasteiger partial charge in [-0.25, -0.2) is 9.97 Å². The van der Waals surface area contributed by atoms with E-state index in [1.807, 2.05) is 9.80 Å². The molecule has 0 aromatic carbocycles. The van der Waals surface area contributed by atoms with E-state index < -0.39 is 9.85 Å². The van der Waals surface area contributed by atoms with Gasteiger partial charge in [0, 0.05) is 41.8 Å². The van der Waals surface area contributed by atoms with Crippen LogP contribution in [0.5, 0.6) is 0 Å². The van der Waals surface area contributed by atoms with Gasteiger partial charge in [0.1, 0.15) is 5.76 Å². The lowest BCUT2D eigenvalue weighted by molar-refractivity contribution is -0.414. The second kappa shape index (κ2) is 16.5. The molecule has 0 amide bonds. The Morgan fingerprint density at radius 3 is 2.09 bits per heavy atom. The summed E-state index contributed by atoms with van der Waals surface area (Å²) in [6.45, 7) is 3.68. The average molecular weight is 696 g/mol. The number of aliphatic imine (C=N–C) groups is 1. The Balaban J connectivity index is 0.000000174. The van der Waals surface area contributed by atoms with Crippen molar-refractivity contribution in [2.75, 3.05) is 26.2 Å². The molecule has 1 N–H and O–H groups in total. The molecular formula is C26H24Cl2N8O7S2. The van der Waals surface area contributed by atoms with E-state index in [9.17, 15) is 25.0 Å². The number of halogens is 2. The maximum Gasteiger partial charge on any atom is 0.314 e. The van der Waals surface area contributed by atoms with Crippen LogP contribution in [0.4, 0.5) is 0 Å². The maximum absolute atomic E-state index is 11.4. The number of aromatic nitrogens is 2. The van der Waals surface area contributed by atoms with Crippen LogP contribution < -0.4 is 5.32 Å². The van der Waals surface area contributed by atoms with Crippen LogP contribution in [-0.4, -0.2) is 67.9 Å². The van der Waals surface area contributed by atoms with E-state index in [0.29, 0.717) is 71.1 Å². The van der Waals surface area contributed by atoms with Crippen LogP contribution >= 0.6 is 45.9 Å². The summed E-state index contributed by atoms with van der Waals surface area (Å²) in [5, 5.41) is 24.7. The molecular weight excluding hydrogens is 671 g/mol. The van der Waals surface area contributed by atoms with Gasteiger partial charge in [0.15, 0.2) is 26.8 Å². The molecule has 0 radical (unpaired) electrons. The molecule has 0 aliphatic carbocycles. The number of thiazole rings is 2. The van der Waals surface area contributed by atoms with Crippen molar-refractivity contribution >= 4 is 64.1 Å². The third-order valence-electron chi connectivity index (χ3n) is 5.84. The van der Waals surface area contributed by atoms with Gasteiger partial charge in [-0.15, -0.1) is 22.7 Å². The zero-order valence-electron chi connectivity index (χ0n) is 23.2. The number of carbonyl (C=O) groups excluding carboxylic acids is 1. The van der Waals surface area contributed by atoms with Crippen LogP contribution in [-0.2, 0) is 13.1 Å². The molecule has 236 valence electrons. The summed E-state index contributed by atoms with van der Waals surface area (Å²) >= 11 is 14.3. The summed E-state index contributed by atoms with van der Waals surface area (Å²) in [5.74, 6) is 1.68. The minimum atomic E-state index is -0.458. The number of nitrogens with zero attached hydrogens (tertiary/aromatic N) is 7. The van der Waals surface area contributed by atoms with Gasteiger partial charge in [0.05, 0.1) is 48.1 Å². The Labute approximate surface area is 273 Å². The Kier molecular flexibility index (Phi) is 12.2. The van der Waals surface area contributed by atoms with Crippen LogP contribution in [0.1, 0.15) is 26.1 Å². The van der Waals surface area contributed by atoms with Crippen LogP contribution in [0.25, 0.3) is 6.08 Å². The number of hydrogen-bond acceptors (Lipinski definition) is 15. The van der Waals surface area contributed by atoms with Crippen LogP contribution in [0, 0.1) is 20.2 Å². The highest BCUT2D eigenvalue weighted by Gasteiger charge is 2.29. The molecule has 45 heavy (non-hydrogen) atoms. The van der Waals surface area contributed by atoms with Gasteiger partial charge >= 0.3 is 5.70 Å². The zero-order valence-corrected chi connectivity index (χ0v) is 26.3. The highest BCUT2D eigenvalue weighted by atomic mass is 35.5. The van der Waals surface area contributed by atoms with Crippen molar-refractivity contribution in [1.82, 2.24) is 25.1 Å². The molecule has 2 aliphatic heterocycles. The first-order valence-electron chi connectivity index (χ1n) is 12.9. The Morgan fingerprint density at radius 1 is 0.978 bits per heavy atom. The summed E-state index contributed by atoms with van der Waals surface area (Å²) in [5.41, 5.74) is -0.0805. The number of amidine groups is 1. The molecule has 0 spiro atoms. The highest BCUT2D eigenvalue weighted by Crippen LogP contribution is 2.23. The third-order valence-corrected chi connectivity index (χ3v) is 8.04. The highest BCUT2D eigenvalue weighted by molar-refractivity contribution is 7.16.